The van der Waals surface area contributed by atoms with Crippen LogP contribution in [-0.4, -0.2) is 28.5 Å². The maximum Gasteiger partial charge on any atom is 0.389 e. The van der Waals surface area contributed by atoms with Crippen LogP contribution in [0.15, 0.2) is 22.9 Å². The Kier molecular flexibility index (Phi) is 3.47. The van der Waals surface area contributed by atoms with Gasteiger partial charge in [0.2, 0.25) is 0 Å². The van der Waals surface area contributed by atoms with Gasteiger partial charge in [0.05, 0.1) is 24.5 Å². The van der Waals surface area contributed by atoms with Crippen molar-refractivity contribution >= 4 is 17.6 Å². The molecule has 0 saturated heterocycles. The number of halogens is 1. The summed E-state index contributed by atoms with van der Waals surface area (Å²) in [4.78, 5) is 31.1. The minimum absolute atomic E-state index is 0.239. The fraction of sp³-hybridized carbons (Fsp3) is 0.375. The van der Waals surface area contributed by atoms with Crippen molar-refractivity contribution in [3.63, 3.8) is 0 Å². The first-order chi connectivity index (χ1) is 7.85. The number of esters is 1. The van der Waals surface area contributed by atoms with E-state index >= 15 is 0 Å². The monoisotopic (exact) mass is 262 g/mol. The SMILES string of the molecule is COC(=O)C1([N+](=O)[O-])C=C([N+](=O)[O-])C(Cl)=CC1. The van der Waals surface area contributed by atoms with Crippen molar-refractivity contribution in [1.29, 1.82) is 0 Å². The Morgan fingerprint density at radius 3 is 2.53 bits per heavy atom. The first kappa shape index (κ1) is 13.1. The van der Waals surface area contributed by atoms with E-state index in [0.717, 1.165) is 13.2 Å². The van der Waals surface area contributed by atoms with E-state index in [1.807, 2.05) is 0 Å². The molecule has 0 radical (unpaired) electrons. The number of rotatable bonds is 3. The fourth-order valence-electron chi connectivity index (χ4n) is 1.36. The van der Waals surface area contributed by atoms with E-state index in [2.05, 4.69) is 4.74 Å². The van der Waals surface area contributed by atoms with Gasteiger partial charge in [-0.15, -0.1) is 0 Å². The summed E-state index contributed by atoms with van der Waals surface area (Å²) >= 11 is 5.53. The Morgan fingerprint density at radius 2 is 2.12 bits per heavy atom. The number of nitrogens with zero attached hydrogens (tertiary/aromatic N) is 2. The van der Waals surface area contributed by atoms with E-state index in [1.165, 1.54) is 0 Å². The lowest BCUT2D eigenvalue weighted by molar-refractivity contribution is -0.542. The van der Waals surface area contributed by atoms with Crippen molar-refractivity contribution < 1.29 is 19.4 Å². The summed E-state index contributed by atoms with van der Waals surface area (Å²) in [6.07, 6.45) is 1.28. The molecule has 0 saturated carbocycles. The van der Waals surface area contributed by atoms with Gasteiger partial charge in [0, 0.05) is 4.92 Å². The zero-order chi connectivity index (χ0) is 13.2. The second-order valence-corrected chi connectivity index (χ2v) is 3.62. The molecule has 0 aromatic rings. The van der Waals surface area contributed by atoms with E-state index in [9.17, 15) is 25.0 Å². The Bertz CT molecular complexity index is 457. The third kappa shape index (κ3) is 2.11. The highest BCUT2D eigenvalue weighted by Gasteiger charge is 2.54. The summed E-state index contributed by atoms with van der Waals surface area (Å²) in [6, 6.07) is 0. The zero-order valence-corrected chi connectivity index (χ0v) is 9.34. The number of carbonyl (C=O) groups is 1. The number of hydrogen-bond acceptors (Lipinski definition) is 6. The van der Waals surface area contributed by atoms with Gasteiger partial charge < -0.3 is 4.74 Å². The lowest BCUT2D eigenvalue weighted by Crippen LogP contribution is -2.46. The van der Waals surface area contributed by atoms with E-state index in [4.69, 9.17) is 11.6 Å². The number of allylic oxidation sites excluding steroid dienone is 1. The van der Waals surface area contributed by atoms with Gasteiger partial charge in [0.1, 0.15) is 5.03 Å². The third-order valence-corrected chi connectivity index (χ3v) is 2.62. The summed E-state index contributed by atoms with van der Waals surface area (Å²) in [5.41, 5.74) is -2.96. The Balaban J connectivity index is 3.34. The van der Waals surface area contributed by atoms with Crippen LogP contribution < -0.4 is 0 Å². The average molecular weight is 263 g/mol. The molecule has 0 heterocycles. The van der Waals surface area contributed by atoms with Crippen LogP contribution in [0, 0.1) is 20.2 Å². The molecule has 0 aromatic heterocycles. The van der Waals surface area contributed by atoms with Crippen LogP contribution in [0.5, 0.6) is 0 Å². The van der Waals surface area contributed by atoms with Crippen molar-refractivity contribution in [1.82, 2.24) is 0 Å². The Labute approximate surface area is 99.8 Å². The molecule has 1 rings (SSSR count). The molecule has 0 spiro atoms. The van der Waals surface area contributed by atoms with Gasteiger partial charge >= 0.3 is 11.5 Å². The molecule has 0 aliphatic heterocycles. The number of carbonyl (C=O) groups excluding carboxylic acids is 1. The molecule has 92 valence electrons. The lowest BCUT2D eigenvalue weighted by Gasteiger charge is -2.20. The van der Waals surface area contributed by atoms with E-state index in [0.29, 0.717) is 6.08 Å². The number of methoxy groups -OCH3 is 1. The number of ether oxygens (including phenoxy) is 1. The summed E-state index contributed by atoms with van der Waals surface area (Å²) in [7, 11) is 0.965. The topological polar surface area (TPSA) is 113 Å². The molecule has 1 aliphatic carbocycles. The summed E-state index contributed by atoms with van der Waals surface area (Å²) in [6.45, 7) is 0. The molecule has 0 amide bonds. The minimum Gasteiger partial charge on any atom is -0.463 e. The average Bonchev–Trinajstić information content (AvgIpc) is 2.28. The summed E-state index contributed by atoms with van der Waals surface area (Å²) < 4.78 is 4.30. The molecule has 1 atom stereocenters. The fourth-order valence-corrected chi connectivity index (χ4v) is 1.57. The first-order valence-electron chi connectivity index (χ1n) is 4.31. The van der Waals surface area contributed by atoms with Gasteiger partial charge in [-0.1, -0.05) is 17.7 Å². The highest BCUT2D eigenvalue weighted by atomic mass is 35.5. The molecule has 17 heavy (non-hydrogen) atoms. The molecule has 0 N–H and O–H groups in total. The van der Waals surface area contributed by atoms with Crippen LogP contribution in [0.1, 0.15) is 6.42 Å². The smallest absolute Gasteiger partial charge is 0.389 e. The standard InChI is InChI=1S/C8H7ClN2O6/c1-17-7(12)8(11(15)16)3-2-5(9)6(4-8)10(13)14/h2,4H,3H2,1H3. The molecule has 1 aliphatic rings. The van der Waals surface area contributed by atoms with Crippen LogP contribution in [0.25, 0.3) is 0 Å². The van der Waals surface area contributed by atoms with Crippen molar-refractivity contribution in [2.24, 2.45) is 0 Å². The van der Waals surface area contributed by atoms with Crippen molar-refractivity contribution in [2.45, 2.75) is 12.0 Å². The van der Waals surface area contributed by atoms with Crippen LogP contribution in [0.4, 0.5) is 0 Å². The highest BCUT2D eigenvalue weighted by molar-refractivity contribution is 6.31. The van der Waals surface area contributed by atoms with Crippen molar-refractivity contribution in [2.75, 3.05) is 7.11 Å². The van der Waals surface area contributed by atoms with Crippen LogP contribution in [0.2, 0.25) is 0 Å². The van der Waals surface area contributed by atoms with E-state index in [1.54, 1.807) is 0 Å². The first-order valence-corrected chi connectivity index (χ1v) is 4.69. The Hall–Kier alpha value is -1.96. The second-order valence-electron chi connectivity index (χ2n) is 3.22. The van der Waals surface area contributed by atoms with E-state index in [-0.39, 0.29) is 11.5 Å². The summed E-state index contributed by atoms with van der Waals surface area (Å²) in [5, 5.41) is 21.3. The highest BCUT2D eigenvalue weighted by Crippen LogP contribution is 2.31. The van der Waals surface area contributed by atoms with Crippen LogP contribution >= 0.6 is 11.6 Å². The van der Waals surface area contributed by atoms with Crippen molar-refractivity contribution in [3.05, 3.63) is 43.1 Å². The molecule has 0 fully saturated rings. The third-order valence-electron chi connectivity index (χ3n) is 2.27. The van der Waals surface area contributed by atoms with Gasteiger partial charge in [0.15, 0.2) is 0 Å². The quantitative estimate of drug-likeness (QED) is 0.423. The zero-order valence-electron chi connectivity index (χ0n) is 8.58. The molecular weight excluding hydrogens is 256 g/mol. The van der Waals surface area contributed by atoms with Gasteiger partial charge in [-0.25, -0.2) is 4.79 Å². The predicted octanol–water partition coefficient (Wildman–Crippen LogP) is 0.862. The van der Waals surface area contributed by atoms with Crippen LogP contribution in [-0.2, 0) is 9.53 Å². The van der Waals surface area contributed by atoms with Crippen molar-refractivity contribution in [3.8, 4) is 0 Å². The molecule has 0 aromatic carbocycles. The largest absolute Gasteiger partial charge is 0.463 e. The van der Waals surface area contributed by atoms with Gasteiger partial charge in [-0.05, 0) is 0 Å². The van der Waals surface area contributed by atoms with Gasteiger partial charge in [-0.3, -0.25) is 20.2 Å². The lowest BCUT2D eigenvalue weighted by atomic mass is 9.90. The van der Waals surface area contributed by atoms with Gasteiger partial charge in [0.25, 0.3) is 5.70 Å². The maximum atomic E-state index is 11.4. The molecule has 1 unspecified atom stereocenters. The number of hydrogen-bond donors (Lipinski definition) is 0. The summed E-state index contributed by atoms with van der Waals surface area (Å²) in [5.74, 6) is -1.18. The number of nitro groups is 2. The predicted molar refractivity (Wildman–Crippen MR) is 55.4 cm³/mol. The molecule has 0 bridgehead atoms. The maximum absolute atomic E-state index is 11.4. The molecule has 9 heteroatoms. The molecule has 8 nitrogen and oxygen atoms in total. The Morgan fingerprint density at radius 1 is 1.53 bits per heavy atom. The van der Waals surface area contributed by atoms with Gasteiger partial charge in [-0.2, -0.15) is 0 Å². The van der Waals surface area contributed by atoms with E-state index < -0.39 is 27.1 Å². The minimum atomic E-state index is -2.28. The van der Waals surface area contributed by atoms with Crippen LogP contribution in [0.3, 0.4) is 0 Å². The normalized spacial score (nSPS) is 23.4. The molecular formula is C8H7ClN2O6. The second kappa shape index (κ2) is 4.50.